The molecular weight excluding hydrogens is 420 g/mol. The Bertz CT molecular complexity index is 827. The lowest BCUT2D eigenvalue weighted by atomic mass is 9.72. The Morgan fingerprint density at radius 2 is 1.62 bits per heavy atom. The van der Waals surface area contributed by atoms with Gasteiger partial charge in [-0.25, -0.2) is 0 Å². The Morgan fingerprint density at radius 3 is 2.06 bits per heavy atom. The molecule has 0 fully saturated rings. The van der Waals surface area contributed by atoms with E-state index in [4.69, 9.17) is 20.3 Å². The van der Waals surface area contributed by atoms with Gasteiger partial charge in [-0.3, -0.25) is 9.59 Å². The molecule has 0 aliphatic carbocycles. The Balaban J connectivity index is 3.63. The van der Waals surface area contributed by atoms with Gasteiger partial charge in [0.2, 0.25) is 8.32 Å². The number of methoxy groups -OCH3 is 2. The fraction of sp³-hybridized carbons (Fsp3) is 0.538. The summed E-state index contributed by atoms with van der Waals surface area (Å²) in [6.07, 6.45) is 8.42. The molecule has 0 spiro atoms. The van der Waals surface area contributed by atoms with E-state index in [1.165, 1.54) is 14.2 Å². The first-order valence-corrected chi connectivity index (χ1v) is 13.8. The highest BCUT2D eigenvalue weighted by Gasteiger charge is 2.52. The van der Waals surface area contributed by atoms with Crippen LogP contribution < -0.4 is 0 Å². The van der Waals surface area contributed by atoms with Crippen molar-refractivity contribution < 1.29 is 23.5 Å². The van der Waals surface area contributed by atoms with Gasteiger partial charge in [0.15, 0.2) is 5.41 Å². The molecule has 6 heteroatoms. The summed E-state index contributed by atoms with van der Waals surface area (Å²) >= 11 is 0. The van der Waals surface area contributed by atoms with Gasteiger partial charge in [0.1, 0.15) is 5.76 Å². The molecule has 0 heterocycles. The summed E-state index contributed by atoms with van der Waals surface area (Å²) in [6.45, 7) is 12.6. The van der Waals surface area contributed by atoms with Crippen molar-refractivity contribution in [3.05, 3.63) is 42.0 Å². The van der Waals surface area contributed by atoms with E-state index < -0.39 is 31.6 Å². The van der Waals surface area contributed by atoms with Gasteiger partial charge in [-0.2, -0.15) is 0 Å². The Hall–Kier alpha value is -2.52. The maximum Gasteiger partial charge on any atom is 0.323 e. The van der Waals surface area contributed by atoms with E-state index in [2.05, 4.69) is 39.8 Å². The lowest BCUT2D eigenvalue weighted by Gasteiger charge is -2.38. The molecule has 5 nitrogen and oxygen atoms in total. The standard InChI is InChI=1S/C26H38O5Si/c1-10-11-15-18-26(23(27)29-6,24(28)30-7)20(2)19-22(21-16-13-12-14-17-21)31-32(8,9)25(3,4)5/h1,12-14,16-17,19-20H,11,15,18H2,2-9H3/b22-19-. The van der Waals surface area contributed by atoms with Crippen LogP contribution in [0.5, 0.6) is 0 Å². The first-order chi connectivity index (χ1) is 14.9. The van der Waals surface area contributed by atoms with Gasteiger partial charge in [-0.15, -0.1) is 12.3 Å². The van der Waals surface area contributed by atoms with Crippen LogP contribution in [-0.4, -0.2) is 34.5 Å². The summed E-state index contributed by atoms with van der Waals surface area (Å²) in [6, 6.07) is 9.72. The van der Waals surface area contributed by atoms with Gasteiger partial charge in [0.25, 0.3) is 0 Å². The number of rotatable bonds is 10. The summed E-state index contributed by atoms with van der Waals surface area (Å²) in [5.41, 5.74) is -0.631. The zero-order valence-corrected chi connectivity index (χ0v) is 21.8. The normalized spacial score (nSPS) is 13.7. The van der Waals surface area contributed by atoms with Crippen molar-refractivity contribution in [1.29, 1.82) is 0 Å². The zero-order valence-electron chi connectivity index (χ0n) is 20.8. The van der Waals surface area contributed by atoms with Crippen LogP contribution in [0, 0.1) is 23.7 Å². The number of allylic oxidation sites excluding steroid dienone is 1. The van der Waals surface area contributed by atoms with Crippen molar-refractivity contribution in [2.24, 2.45) is 11.3 Å². The van der Waals surface area contributed by atoms with E-state index in [0.717, 1.165) is 5.56 Å². The molecule has 0 aliphatic heterocycles. The summed E-state index contributed by atoms with van der Waals surface area (Å²) in [5.74, 6) is 1.40. The molecular formula is C26H38O5Si. The number of ether oxygens (including phenoxy) is 2. The van der Waals surface area contributed by atoms with E-state index >= 15 is 0 Å². The smallest absolute Gasteiger partial charge is 0.323 e. The van der Waals surface area contributed by atoms with Gasteiger partial charge in [0.05, 0.1) is 14.2 Å². The molecule has 32 heavy (non-hydrogen) atoms. The van der Waals surface area contributed by atoms with Crippen molar-refractivity contribution in [3.8, 4) is 12.3 Å². The van der Waals surface area contributed by atoms with Crippen molar-refractivity contribution in [2.45, 2.75) is 65.1 Å². The summed E-state index contributed by atoms with van der Waals surface area (Å²) < 4.78 is 16.8. The molecule has 0 aromatic heterocycles. The van der Waals surface area contributed by atoms with Crippen LogP contribution in [0.4, 0.5) is 0 Å². The van der Waals surface area contributed by atoms with E-state index in [1.807, 2.05) is 43.3 Å². The third-order valence-corrected chi connectivity index (χ3v) is 10.7. The van der Waals surface area contributed by atoms with Crippen LogP contribution in [0.15, 0.2) is 36.4 Å². The number of hydrogen-bond donors (Lipinski definition) is 0. The fourth-order valence-corrected chi connectivity index (χ4v) is 4.35. The topological polar surface area (TPSA) is 61.8 Å². The van der Waals surface area contributed by atoms with Crippen molar-refractivity contribution >= 4 is 26.0 Å². The molecule has 1 aromatic rings. The molecule has 0 bridgehead atoms. The number of terminal acetylenes is 1. The van der Waals surface area contributed by atoms with Crippen molar-refractivity contribution in [3.63, 3.8) is 0 Å². The number of carbonyl (C=O) groups excluding carboxylic acids is 2. The molecule has 1 aromatic carbocycles. The highest BCUT2D eigenvalue weighted by Crippen LogP contribution is 2.42. The SMILES string of the molecule is C#CCCCC(C(=O)OC)(C(=O)OC)C(C)/C=C(\O[Si](C)(C)C(C)(C)C)c1ccccc1. The number of carbonyl (C=O) groups is 2. The van der Waals surface area contributed by atoms with E-state index in [9.17, 15) is 9.59 Å². The van der Waals surface area contributed by atoms with E-state index in [-0.39, 0.29) is 11.5 Å². The molecule has 0 radical (unpaired) electrons. The van der Waals surface area contributed by atoms with Crippen LogP contribution >= 0.6 is 0 Å². The highest BCUT2D eigenvalue weighted by molar-refractivity contribution is 6.74. The molecule has 1 unspecified atom stereocenters. The predicted octanol–water partition coefficient (Wildman–Crippen LogP) is 5.82. The average molecular weight is 459 g/mol. The second-order valence-electron chi connectivity index (χ2n) is 9.56. The van der Waals surface area contributed by atoms with Gasteiger partial charge in [-0.05, 0) is 37.0 Å². The van der Waals surface area contributed by atoms with Gasteiger partial charge in [-0.1, -0.05) is 58.0 Å². The first-order valence-electron chi connectivity index (χ1n) is 10.9. The summed E-state index contributed by atoms with van der Waals surface area (Å²) in [5, 5.41) is -0.0291. The molecule has 176 valence electrons. The number of esters is 2. The van der Waals surface area contributed by atoms with E-state index in [0.29, 0.717) is 18.6 Å². The number of unbranched alkanes of at least 4 members (excludes halogenated alkanes) is 1. The highest BCUT2D eigenvalue weighted by atomic mass is 28.4. The Kier molecular flexibility index (Phi) is 9.78. The maximum atomic E-state index is 13.0. The molecule has 0 saturated carbocycles. The third-order valence-electron chi connectivity index (χ3n) is 6.40. The molecule has 1 atom stereocenters. The third kappa shape index (κ3) is 6.26. The zero-order chi connectivity index (χ0) is 24.6. The van der Waals surface area contributed by atoms with Crippen LogP contribution in [0.1, 0.15) is 52.5 Å². The second kappa shape index (κ2) is 11.4. The van der Waals surface area contributed by atoms with Gasteiger partial charge < -0.3 is 13.9 Å². The van der Waals surface area contributed by atoms with Crippen LogP contribution in [-0.2, 0) is 23.5 Å². The number of benzene rings is 1. The predicted molar refractivity (Wildman–Crippen MR) is 131 cm³/mol. The first kappa shape index (κ1) is 27.5. The largest absolute Gasteiger partial charge is 0.543 e. The lowest BCUT2D eigenvalue weighted by Crippen LogP contribution is -2.46. The lowest BCUT2D eigenvalue weighted by molar-refractivity contribution is -0.172. The number of hydrogen-bond acceptors (Lipinski definition) is 5. The van der Waals surface area contributed by atoms with Crippen molar-refractivity contribution in [1.82, 2.24) is 0 Å². The summed E-state index contributed by atoms with van der Waals surface area (Å²) in [4.78, 5) is 26.0. The average Bonchev–Trinajstić information content (AvgIpc) is 2.75. The molecule has 1 rings (SSSR count). The van der Waals surface area contributed by atoms with Crippen LogP contribution in [0.2, 0.25) is 18.1 Å². The maximum absolute atomic E-state index is 13.0. The molecule has 0 amide bonds. The molecule has 0 N–H and O–H groups in total. The van der Waals surface area contributed by atoms with Crippen LogP contribution in [0.3, 0.4) is 0 Å². The minimum Gasteiger partial charge on any atom is -0.543 e. The summed E-state index contributed by atoms with van der Waals surface area (Å²) in [7, 11) is 0.353. The van der Waals surface area contributed by atoms with E-state index in [1.54, 1.807) is 0 Å². The minimum absolute atomic E-state index is 0.0291. The molecule has 0 saturated heterocycles. The Morgan fingerprint density at radius 1 is 1.09 bits per heavy atom. The van der Waals surface area contributed by atoms with Crippen LogP contribution in [0.25, 0.3) is 5.76 Å². The minimum atomic E-state index is -2.21. The second-order valence-corrected chi connectivity index (χ2v) is 14.3. The monoisotopic (exact) mass is 458 g/mol. The Labute approximate surface area is 194 Å². The van der Waals surface area contributed by atoms with Gasteiger partial charge in [0, 0.05) is 17.9 Å². The molecule has 0 aliphatic rings. The fourth-order valence-electron chi connectivity index (χ4n) is 3.31. The van der Waals surface area contributed by atoms with Gasteiger partial charge >= 0.3 is 11.9 Å². The van der Waals surface area contributed by atoms with Crippen molar-refractivity contribution in [2.75, 3.05) is 14.2 Å². The quantitative estimate of drug-likeness (QED) is 0.110.